The number of ether oxygens (including phenoxy) is 1. The molecule has 4 unspecified atom stereocenters. The zero-order valence-electron chi connectivity index (χ0n) is 17.2. The zero-order valence-corrected chi connectivity index (χ0v) is 20.6. The molecule has 0 spiro atoms. The van der Waals surface area contributed by atoms with Crippen molar-refractivity contribution in [3.05, 3.63) is 22.2 Å². The number of nitrogen functional groups attached to an aromatic ring is 1. The topological polar surface area (TPSA) is 276 Å². The van der Waals surface area contributed by atoms with Crippen LogP contribution in [-0.2, 0) is 31.6 Å². The standard InChI is InChI=1S/C13H20ClN4O13P3/c1-6-5-8(15)17-12(20)18(6)11-13(16,3-4-14)10(19)9(28-11)7(2)29-33(24,25)31-34(26,27)30-32(21,22)23/h5,7,9-11,19H,16H2,1-2H3,(H,24,25)(H,26,27)(H2,15,17,20)(H2,21,22,23)/t7-,9?,10+,11-,13?/m1/s1. The first-order chi connectivity index (χ1) is 15.3. The number of anilines is 1. The molecule has 9 N–H and O–H groups in total. The molecule has 1 fully saturated rings. The predicted octanol–water partition coefficient (Wildman–Crippen LogP) is -0.979. The summed E-state index contributed by atoms with van der Waals surface area (Å²) in [5.41, 5.74) is 8.83. The molecule has 192 valence electrons. The quantitative estimate of drug-likeness (QED) is 0.146. The number of aliphatic hydroxyl groups excluding tert-OH is 1. The number of phosphoric ester groups is 1. The van der Waals surface area contributed by atoms with Crippen molar-refractivity contribution in [2.45, 2.75) is 43.9 Å². The molecule has 1 saturated heterocycles. The predicted molar refractivity (Wildman–Crippen MR) is 113 cm³/mol. The van der Waals surface area contributed by atoms with Crippen LogP contribution in [0.4, 0.5) is 5.82 Å². The Balaban J connectivity index is 2.37. The second-order valence-electron chi connectivity index (χ2n) is 6.93. The third-order valence-electron chi connectivity index (χ3n) is 4.34. The first-order valence-electron chi connectivity index (χ1n) is 8.75. The van der Waals surface area contributed by atoms with E-state index in [0.29, 0.717) is 0 Å². The van der Waals surface area contributed by atoms with Gasteiger partial charge in [0.05, 0.1) is 6.10 Å². The van der Waals surface area contributed by atoms with Crippen molar-refractivity contribution in [2.24, 2.45) is 5.73 Å². The van der Waals surface area contributed by atoms with Gasteiger partial charge < -0.3 is 40.9 Å². The third-order valence-corrected chi connectivity index (χ3v) is 8.36. The number of nitrogens with two attached hydrogens (primary N) is 2. The Morgan fingerprint density at radius 1 is 1.26 bits per heavy atom. The molecule has 2 heterocycles. The van der Waals surface area contributed by atoms with Crippen LogP contribution in [0.1, 0.15) is 18.8 Å². The van der Waals surface area contributed by atoms with Crippen LogP contribution in [0.15, 0.2) is 10.9 Å². The minimum atomic E-state index is -5.79. The van der Waals surface area contributed by atoms with Crippen LogP contribution in [0.25, 0.3) is 0 Å². The van der Waals surface area contributed by atoms with Crippen molar-refractivity contribution in [3.8, 4) is 11.3 Å². The molecular weight excluding hydrogens is 549 g/mol. The SMILES string of the molecule is Cc1cc(N)nc(=O)n1[C@@H]1OC([C@@H](C)OP(=O)(O)OP(=O)(O)OP(=O)(O)O)[C@H](O)C1(N)C#CCl. The van der Waals surface area contributed by atoms with Crippen LogP contribution >= 0.6 is 35.1 Å². The Morgan fingerprint density at radius 3 is 2.35 bits per heavy atom. The monoisotopic (exact) mass is 568 g/mol. The van der Waals surface area contributed by atoms with Gasteiger partial charge in [-0.1, -0.05) is 5.92 Å². The van der Waals surface area contributed by atoms with Crippen molar-refractivity contribution in [3.63, 3.8) is 0 Å². The van der Waals surface area contributed by atoms with Gasteiger partial charge in [0.2, 0.25) is 0 Å². The molecule has 17 nitrogen and oxygen atoms in total. The van der Waals surface area contributed by atoms with Gasteiger partial charge in [0.1, 0.15) is 18.0 Å². The summed E-state index contributed by atoms with van der Waals surface area (Å²) >= 11 is 5.45. The summed E-state index contributed by atoms with van der Waals surface area (Å²) in [5.74, 6) is 2.17. The average Bonchev–Trinajstić information content (AvgIpc) is 2.83. The van der Waals surface area contributed by atoms with E-state index in [-0.39, 0.29) is 11.5 Å². The molecule has 0 amide bonds. The number of aliphatic hydroxyl groups is 1. The number of aromatic nitrogens is 2. The highest BCUT2D eigenvalue weighted by atomic mass is 35.5. The fourth-order valence-corrected chi connectivity index (χ4v) is 6.46. The fourth-order valence-electron chi connectivity index (χ4n) is 3.10. The lowest BCUT2D eigenvalue weighted by atomic mass is 9.90. The Bertz CT molecular complexity index is 1210. The van der Waals surface area contributed by atoms with Crippen LogP contribution < -0.4 is 17.2 Å². The van der Waals surface area contributed by atoms with Crippen LogP contribution in [0.3, 0.4) is 0 Å². The summed E-state index contributed by atoms with van der Waals surface area (Å²) in [6.45, 7) is 2.48. The zero-order chi connectivity index (χ0) is 26.3. The minimum absolute atomic E-state index is 0.124. The smallest absolute Gasteiger partial charge is 0.387 e. The van der Waals surface area contributed by atoms with Gasteiger partial charge in [-0.15, -0.1) is 0 Å². The molecule has 1 aromatic rings. The lowest BCUT2D eigenvalue weighted by molar-refractivity contribution is -0.0760. The number of halogens is 1. The van der Waals surface area contributed by atoms with Crippen LogP contribution in [0.2, 0.25) is 0 Å². The molecule has 0 bridgehead atoms. The van der Waals surface area contributed by atoms with Crippen LogP contribution in [0.5, 0.6) is 0 Å². The molecule has 7 atom stereocenters. The van der Waals surface area contributed by atoms with E-state index in [4.69, 9.17) is 37.6 Å². The highest BCUT2D eigenvalue weighted by molar-refractivity contribution is 7.66. The van der Waals surface area contributed by atoms with Gasteiger partial charge in [0.15, 0.2) is 11.8 Å². The number of hydrogen-bond donors (Lipinski definition) is 7. The van der Waals surface area contributed by atoms with Crippen molar-refractivity contribution in [1.82, 2.24) is 9.55 Å². The highest BCUT2D eigenvalue weighted by Crippen LogP contribution is 2.66. The molecule has 0 saturated carbocycles. The minimum Gasteiger partial charge on any atom is -0.387 e. The largest absolute Gasteiger partial charge is 0.490 e. The van der Waals surface area contributed by atoms with Gasteiger partial charge in [0.25, 0.3) is 0 Å². The maximum atomic E-state index is 12.4. The van der Waals surface area contributed by atoms with Gasteiger partial charge in [-0.3, -0.25) is 9.09 Å². The molecule has 34 heavy (non-hydrogen) atoms. The molecule has 21 heteroatoms. The van der Waals surface area contributed by atoms with E-state index >= 15 is 0 Å². The molecule has 2 rings (SSSR count). The Kier molecular flexibility index (Phi) is 8.59. The molecule has 0 radical (unpaired) electrons. The summed E-state index contributed by atoms with van der Waals surface area (Å²) in [6.07, 6.45) is -6.74. The maximum Gasteiger partial charge on any atom is 0.490 e. The summed E-state index contributed by atoms with van der Waals surface area (Å²) in [5, 5.41) is 12.7. The lowest BCUT2D eigenvalue weighted by Crippen LogP contribution is -2.55. The first kappa shape index (κ1) is 29.1. The summed E-state index contributed by atoms with van der Waals surface area (Å²) in [7, 11) is -17.0. The Hall–Kier alpha value is -1.18. The van der Waals surface area contributed by atoms with Crippen molar-refractivity contribution < 1.29 is 56.3 Å². The van der Waals surface area contributed by atoms with Crippen molar-refractivity contribution in [2.75, 3.05) is 5.73 Å². The number of phosphoric acid groups is 3. The van der Waals surface area contributed by atoms with E-state index < -0.39 is 59.2 Å². The number of hydrogen-bond acceptors (Lipinski definition) is 12. The second-order valence-corrected chi connectivity index (χ2v) is 11.5. The van der Waals surface area contributed by atoms with Crippen LogP contribution in [-0.4, -0.2) is 58.1 Å². The van der Waals surface area contributed by atoms with E-state index in [9.17, 15) is 33.4 Å². The molecular formula is C13H20ClN4O13P3. The second kappa shape index (κ2) is 10.1. The summed E-state index contributed by atoms with van der Waals surface area (Å²) in [6, 6.07) is 1.29. The first-order valence-corrected chi connectivity index (χ1v) is 13.6. The number of nitrogens with zero attached hydrogens (tertiary/aromatic N) is 2. The number of aryl methyl sites for hydroxylation is 1. The summed E-state index contributed by atoms with van der Waals surface area (Å²) in [4.78, 5) is 52.1. The maximum absolute atomic E-state index is 12.4. The third kappa shape index (κ3) is 6.73. The normalized spacial score (nSPS) is 29.5. The van der Waals surface area contributed by atoms with Gasteiger partial charge in [0, 0.05) is 11.1 Å². The highest BCUT2D eigenvalue weighted by Gasteiger charge is 2.57. The molecule has 1 aromatic heterocycles. The van der Waals surface area contributed by atoms with E-state index in [1.165, 1.54) is 13.0 Å². The Labute approximate surface area is 196 Å². The van der Waals surface area contributed by atoms with E-state index in [1.54, 1.807) is 0 Å². The van der Waals surface area contributed by atoms with Gasteiger partial charge in [-0.2, -0.15) is 13.6 Å². The average molecular weight is 569 g/mol. The van der Waals surface area contributed by atoms with Gasteiger partial charge in [-0.05, 0) is 31.5 Å². The van der Waals surface area contributed by atoms with Gasteiger partial charge >= 0.3 is 29.2 Å². The molecule has 0 aliphatic carbocycles. The van der Waals surface area contributed by atoms with E-state index in [1.807, 2.05) is 5.38 Å². The molecule has 0 aromatic carbocycles. The Morgan fingerprint density at radius 2 is 1.85 bits per heavy atom. The fraction of sp³-hybridized carbons (Fsp3) is 0.538. The van der Waals surface area contributed by atoms with E-state index in [0.717, 1.165) is 11.5 Å². The van der Waals surface area contributed by atoms with Gasteiger partial charge in [-0.25, -0.2) is 18.5 Å². The summed E-state index contributed by atoms with van der Waals surface area (Å²) < 4.78 is 52.8. The lowest BCUT2D eigenvalue weighted by Gasteiger charge is -2.29. The molecule has 1 aliphatic heterocycles. The van der Waals surface area contributed by atoms with Crippen molar-refractivity contribution in [1.29, 1.82) is 0 Å². The van der Waals surface area contributed by atoms with E-state index in [2.05, 4.69) is 24.0 Å². The van der Waals surface area contributed by atoms with Crippen molar-refractivity contribution >= 4 is 40.9 Å². The number of rotatable bonds is 8. The van der Waals surface area contributed by atoms with Crippen LogP contribution in [0, 0.1) is 18.2 Å². The molecule has 1 aliphatic rings.